The van der Waals surface area contributed by atoms with Gasteiger partial charge in [0.2, 0.25) is 5.91 Å². The molecule has 0 radical (unpaired) electrons. The number of amides is 1. The summed E-state index contributed by atoms with van der Waals surface area (Å²) >= 11 is 0. The van der Waals surface area contributed by atoms with Gasteiger partial charge in [-0.3, -0.25) is 9.59 Å². The lowest BCUT2D eigenvalue weighted by atomic mass is 9.82. The maximum absolute atomic E-state index is 12.4. The van der Waals surface area contributed by atoms with Crippen molar-refractivity contribution in [3.63, 3.8) is 0 Å². The molecule has 0 aliphatic heterocycles. The van der Waals surface area contributed by atoms with Gasteiger partial charge in [0.1, 0.15) is 0 Å². The molecule has 2 bridgehead atoms. The van der Waals surface area contributed by atoms with Crippen LogP contribution >= 0.6 is 0 Å². The summed E-state index contributed by atoms with van der Waals surface area (Å²) in [4.78, 5) is 23.8. The van der Waals surface area contributed by atoms with Crippen LogP contribution in [0.3, 0.4) is 0 Å². The van der Waals surface area contributed by atoms with Crippen molar-refractivity contribution in [1.29, 1.82) is 0 Å². The summed E-state index contributed by atoms with van der Waals surface area (Å²) in [5.41, 5.74) is 2.42. The Morgan fingerprint density at radius 2 is 1.86 bits per heavy atom. The lowest BCUT2D eigenvalue weighted by molar-refractivity contribution is -0.147. The fraction of sp³-hybridized carbons (Fsp3) is 0.444. The van der Waals surface area contributed by atoms with Gasteiger partial charge in [-0.2, -0.15) is 0 Å². The van der Waals surface area contributed by atoms with E-state index in [9.17, 15) is 14.7 Å². The van der Waals surface area contributed by atoms with Crippen molar-refractivity contribution in [1.82, 2.24) is 5.32 Å². The van der Waals surface area contributed by atoms with E-state index in [1.807, 2.05) is 24.3 Å². The van der Waals surface area contributed by atoms with Crippen LogP contribution in [0.1, 0.15) is 17.5 Å². The number of nitrogens with one attached hydrogen (secondary N) is 1. The van der Waals surface area contributed by atoms with Crippen LogP contribution in [0.2, 0.25) is 0 Å². The largest absolute Gasteiger partial charge is 0.481 e. The molecule has 3 rings (SSSR count). The Morgan fingerprint density at radius 1 is 1.18 bits per heavy atom. The van der Waals surface area contributed by atoms with Crippen LogP contribution in [0.15, 0.2) is 36.4 Å². The molecule has 4 unspecified atom stereocenters. The van der Waals surface area contributed by atoms with E-state index in [2.05, 4.69) is 24.4 Å². The van der Waals surface area contributed by atoms with E-state index in [-0.39, 0.29) is 17.7 Å². The smallest absolute Gasteiger partial charge is 0.307 e. The van der Waals surface area contributed by atoms with E-state index >= 15 is 0 Å². The third-order valence-corrected chi connectivity index (χ3v) is 5.00. The number of aliphatic carboxylic acids is 1. The Hall–Kier alpha value is -2.10. The van der Waals surface area contributed by atoms with Crippen molar-refractivity contribution in [2.75, 3.05) is 6.54 Å². The van der Waals surface area contributed by atoms with Crippen LogP contribution in [0.4, 0.5) is 0 Å². The van der Waals surface area contributed by atoms with Gasteiger partial charge in [0.05, 0.1) is 11.8 Å². The molecule has 0 saturated heterocycles. The van der Waals surface area contributed by atoms with Crippen molar-refractivity contribution < 1.29 is 14.7 Å². The number of fused-ring (bicyclic) bond motifs is 2. The average molecular weight is 299 g/mol. The third-order valence-electron chi connectivity index (χ3n) is 5.00. The van der Waals surface area contributed by atoms with Crippen LogP contribution in [0.5, 0.6) is 0 Å². The number of hydrogen-bond donors (Lipinski definition) is 2. The Bertz CT molecular complexity index is 623. The Kier molecular flexibility index (Phi) is 4.01. The Morgan fingerprint density at radius 3 is 2.55 bits per heavy atom. The minimum absolute atomic E-state index is 0.0228. The molecule has 0 spiro atoms. The molecule has 1 amide bonds. The Labute approximate surface area is 130 Å². The first-order valence-corrected chi connectivity index (χ1v) is 7.81. The summed E-state index contributed by atoms with van der Waals surface area (Å²) in [6.45, 7) is 2.60. The topological polar surface area (TPSA) is 66.4 Å². The fourth-order valence-electron chi connectivity index (χ4n) is 3.85. The van der Waals surface area contributed by atoms with Gasteiger partial charge in [-0.1, -0.05) is 36.4 Å². The van der Waals surface area contributed by atoms with Crippen LogP contribution in [-0.4, -0.2) is 23.5 Å². The number of hydrogen-bond acceptors (Lipinski definition) is 2. The summed E-state index contributed by atoms with van der Waals surface area (Å²) in [7, 11) is 0. The fourth-order valence-corrected chi connectivity index (χ4v) is 3.85. The molecule has 4 heteroatoms. The van der Waals surface area contributed by atoms with Crippen molar-refractivity contribution in [3.05, 3.63) is 47.5 Å². The molecule has 1 aromatic carbocycles. The van der Waals surface area contributed by atoms with Crippen LogP contribution in [0.25, 0.3) is 0 Å². The zero-order valence-electron chi connectivity index (χ0n) is 12.7. The summed E-state index contributed by atoms with van der Waals surface area (Å²) in [6.07, 6.45) is 5.54. The standard InChI is InChI=1S/C18H21NO3/c1-11-4-2-3-5-12(11)8-9-19-17(20)15-13-6-7-14(10-13)16(15)18(21)22/h2-7,13-16H,8-10H2,1H3,(H,19,20)(H,21,22). The minimum atomic E-state index is -0.851. The molecule has 0 aromatic heterocycles. The minimum Gasteiger partial charge on any atom is -0.481 e. The monoisotopic (exact) mass is 299 g/mol. The maximum atomic E-state index is 12.4. The molecule has 1 saturated carbocycles. The Balaban J connectivity index is 1.59. The van der Waals surface area contributed by atoms with Gasteiger partial charge in [-0.25, -0.2) is 0 Å². The lowest BCUT2D eigenvalue weighted by Crippen LogP contribution is -2.40. The quantitative estimate of drug-likeness (QED) is 0.819. The lowest BCUT2D eigenvalue weighted by Gasteiger charge is -2.23. The number of carboxylic acid groups (broad SMARTS) is 1. The van der Waals surface area contributed by atoms with Gasteiger partial charge in [-0.15, -0.1) is 0 Å². The number of carbonyl (C=O) groups is 2. The maximum Gasteiger partial charge on any atom is 0.307 e. The van der Waals surface area contributed by atoms with Gasteiger partial charge in [0.15, 0.2) is 0 Å². The number of allylic oxidation sites excluding steroid dienone is 2. The zero-order valence-corrected chi connectivity index (χ0v) is 12.7. The van der Waals surface area contributed by atoms with Crippen molar-refractivity contribution in [3.8, 4) is 0 Å². The van der Waals surface area contributed by atoms with E-state index in [4.69, 9.17) is 0 Å². The van der Waals surface area contributed by atoms with E-state index in [1.54, 1.807) is 0 Å². The van der Waals surface area contributed by atoms with Gasteiger partial charge in [-0.05, 0) is 42.7 Å². The van der Waals surface area contributed by atoms with E-state index in [0.29, 0.717) is 6.54 Å². The first-order valence-electron chi connectivity index (χ1n) is 7.81. The van der Waals surface area contributed by atoms with Crippen LogP contribution in [-0.2, 0) is 16.0 Å². The number of carboxylic acids is 1. The van der Waals surface area contributed by atoms with Crippen molar-refractivity contribution >= 4 is 11.9 Å². The summed E-state index contributed by atoms with van der Waals surface area (Å²) in [5.74, 6) is -1.83. The molecular formula is C18H21NO3. The molecule has 4 nitrogen and oxygen atoms in total. The number of benzene rings is 1. The van der Waals surface area contributed by atoms with Crippen LogP contribution in [0, 0.1) is 30.6 Å². The molecule has 2 aliphatic carbocycles. The normalized spacial score (nSPS) is 28.8. The van der Waals surface area contributed by atoms with E-state index < -0.39 is 17.8 Å². The SMILES string of the molecule is Cc1ccccc1CCNC(=O)C1C2C=CC(C2)C1C(=O)O. The second-order valence-electron chi connectivity index (χ2n) is 6.31. The molecule has 1 fully saturated rings. The van der Waals surface area contributed by atoms with Gasteiger partial charge >= 0.3 is 5.97 Å². The zero-order chi connectivity index (χ0) is 15.7. The van der Waals surface area contributed by atoms with E-state index in [1.165, 1.54) is 11.1 Å². The second-order valence-corrected chi connectivity index (χ2v) is 6.31. The molecule has 2 aliphatic rings. The predicted octanol–water partition coefficient (Wildman–Crippen LogP) is 2.18. The second kappa shape index (κ2) is 5.95. The molecule has 1 aromatic rings. The first kappa shape index (κ1) is 14.8. The highest BCUT2D eigenvalue weighted by atomic mass is 16.4. The summed E-state index contributed by atoms with van der Waals surface area (Å²) in [6, 6.07) is 8.10. The van der Waals surface area contributed by atoms with Gasteiger partial charge in [0.25, 0.3) is 0 Å². The third kappa shape index (κ3) is 2.65. The molecule has 2 N–H and O–H groups in total. The van der Waals surface area contributed by atoms with Gasteiger partial charge in [0, 0.05) is 6.54 Å². The van der Waals surface area contributed by atoms with E-state index in [0.717, 1.165) is 12.8 Å². The molecule has 116 valence electrons. The number of carbonyl (C=O) groups excluding carboxylic acids is 1. The molecule has 4 atom stereocenters. The van der Waals surface area contributed by atoms with Crippen molar-refractivity contribution in [2.45, 2.75) is 19.8 Å². The van der Waals surface area contributed by atoms with Crippen LogP contribution < -0.4 is 5.32 Å². The highest BCUT2D eigenvalue weighted by Crippen LogP contribution is 2.48. The average Bonchev–Trinajstić information content (AvgIpc) is 3.09. The molecule has 0 heterocycles. The summed E-state index contributed by atoms with van der Waals surface area (Å²) < 4.78 is 0. The van der Waals surface area contributed by atoms with Gasteiger partial charge < -0.3 is 10.4 Å². The summed E-state index contributed by atoms with van der Waals surface area (Å²) in [5, 5.41) is 12.3. The molecule has 22 heavy (non-hydrogen) atoms. The molecular weight excluding hydrogens is 278 g/mol. The number of aryl methyl sites for hydroxylation is 1. The van der Waals surface area contributed by atoms with Crippen molar-refractivity contribution in [2.24, 2.45) is 23.7 Å². The predicted molar refractivity (Wildman–Crippen MR) is 83.2 cm³/mol. The highest BCUT2D eigenvalue weighted by Gasteiger charge is 2.51. The highest BCUT2D eigenvalue weighted by molar-refractivity contribution is 5.86. The number of rotatable bonds is 5. The first-order chi connectivity index (χ1) is 10.6.